The molecule has 1 amide bonds. The zero-order chi connectivity index (χ0) is 15.0. The SMILES string of the molecule is Cc1cc(C)nc(NC(=O)c2sc3ccccc3c2Cl)c1. The van der Waals surface area contributed by atoms with Crippen LogP contribution in [0.3, 0.4) is 0 Å². The fourth-order valence-corrected chi connectivity index (χ4v) is 3.65. The number of thiophene rings is 1. The number of rotatable bonds is 2. The Morgan fingerprint density at radius 2 is 2.00 bits per heavy atom. The van der Waals surface area contributed by atoms with Crippen LogP contribution in [0.25, 0.3) is 10.1 Å². The van der Waals surface area contributed by atoms with Gasteiger partial charge in [0, 0.05) is 15.8 Å². The van der Waals surface area contributed by atoms with E-state index in [2.05, 4.69) is 10.3 Å². The van der Waals surface area contributed by atoms with Crippen molar-refractivity contribution in [3.63, 3.8) is 0 Å². The third kappa shape index (κ3) is 2.77. The molecule has 2 heterocycles. The summed E-state index contributed by atoms with van der Waals surface area (Å²) >= 11 is 7.70. The number of fused-ring (bicyclic) bond motifs is 1. The van der Waals surface area contributed by atoms with Crippen LogP contribution in [0.2, 0.25) is 5.02 Å². The molecule has 0 bridgehead atoms. The molecule has 21 heavy (non-hydrogen) atoms. The Morgan fingerprint density at radius 1 is 1.24 bits per heavy atom. The van der Waals surface area contributed by atoms with E-state index >= 15 is 0 Å². The van der Waals surface area contributed by atoms with E-state index in [9.17, 15) is 4.79 Å². The number of pyridine rings is 1. The molecule has 0 aliphatic heterocycles. The van der Waals surface area contributed by atoms with Crippen molar-refractivity contribution in [1.82, 2.24) is 4.98 Å². The van der Waals surface area contributed by atoms with Crippen LogP contribution in [0.5, 0.6) is 0 Å². The third-order valence-corrected chi connectivity index (χ3v) is 4.75. The van der Waals surface area contributed by atoms with E-state index in [1.807, 2.05) is 50.2 Å². The summed E-state index contributed by atoms with van der Waals surface area (Å²) in [7, 11) is 0. The molecular formula is C16H13ClN2OS. The Labute approximate surface area is 131 Å². The predicted octanol–water partition coefficient (Wildman–Crippen LogP) is 4.82. The monoisotopic (exact) mass is 316 g/mol. The van der Waals surface area contributed by atoms with Crippen molar-refractivity contribution in [3.8, 4) is 0 Å². The summed E-state index contributed by atoms with van der Waals surface area (Å²) in [5.74, 6) is 0.324. The second-order valence-electron chi connectivity index (χ2n) is 4.87. The molecule has 3 rings (SSSR count). The number of aromatic nitrogens is 1. The molecule has 0 unspecified atom stereocenters. The smallest absolute Gasteiger partial charge is 0.268 e. The molecule has 1 N–H and O–H groups in total. The average Bonchev–Trinajstić information content (AvgIpc) is 2.76. The van der Waals surface area contributed by atoms with Gasteiger partial charge in [0.15, 0.2) is 0 Å². The summed E-state index contributed by atoms with van der Waals surface area (Å²) in [5.41, 5.74) is 1.92. The highest BCUT2D eigenvalue weighted by molar-refractivity contribution is 7.21. The lowest BCUT2D eigenvalue weighted by Gasteiger charge is -2.05. The van der Waals surface area contributed by atoms with Crippen molar-refractivity contribution in [1.29, 1.82) is 0 Å². The molecule has 3 nitrogen and oxygen atoms in total. The number of hydrogen-bond acceptors (Lipinski definition) is 3. The summed E-state index contributed by atoms with van der Waals surface area (Å²) in [6.45, 7) is 3.87. The van der Waals surface area contributed by atoms with Crippen molar-refractivity contribution in [2.75, 3.05) is 5.32 Å². The molecule has 5 heteroatoms. The van der Waals surface area contributed by atoms with Crippen LogP contribution in [0.4, 0.5) is 5.82 Å². The van der Waals surface area contributed by atoms with Gasteiger partial charge in [-0.15, -0.1) is 11.3 Å². The maximum absolute atomic E-state index is 12.4. The second-order valence-corrected chi connectivity index (χ2v) is 6.30. The largest absolute Gasteiger partial charge is 0.306 e. The summed E-state index contributed by atoms with van der Waals surface area (Å²) in [5, 5.41) is 4.22. The van der Waals surface area contributed by atoms with Gasteiger partial charge in [-0.25, -0.2) is 4.98 Å². The van der Waals surface area contributed by atoms with E-state index < -0.39 is 0 Å². The predicted molar refractivity (Wildman–Crippen MR) is 88.5 cm³/mol. The van der Waals surface area contributed by atoms with E-state index in [1.165, 1.54) is 11.3 Å². The fraction of sp³-hybridized carbons (Fsp3) is 0.125. The van der Waals surface area contributed by atoms with Crippen LogP contribution in [0.15, 0.2) is 36.4 Å². The van der Waals surface area contributed by atoms with Crippen molar-refractivity contribution in [2.45, 2.75) is 13.8 Å². The van der Waals surface area contributed by atoms with Gasteiger partial charge in [-0.1, -0.05) is 29.8 Å². The number of halogens is 1. The minimum absolute atomic E-state index is 0.223. The molecule has 3 aromatic rings. The van der Waals surface area contributed by atoms with Gasteiger partial charge in [-0.3, -0.25) is 4.79 Å². The third-order valence-electron chi connectivity index (χ3n) is 3.08. The van der Waals surface area contributed by atoms with Crippen LogP contribution < -0.4 is 5.32 Å². The molecule has 0 aliphatic carbocycles. The quantitative estimate of drug-likeness (QED) is 0.736. The minimum atomic E-state index is -0.223. The van der Waals surface area contributed by atoms with Crippen molar-refractivity contribution >= 4 is 44.7 Å². The summed E-state index contributed by atoms with van der Waals surface area (Å²) in [4.78, 5) is 17.2. The van der Waals surface area contributed by atoms with Crippen LogP contribution in [0.1, 0.15) is 20.9 Å². The van der Waals surface area contributed by atoms with Gasteiger partial charge in [-0.05, 0) is 37.6 Å². The first kappa shape index (κ1) is 14.0. The topological polar surface area (TPSA) is 42.0 Å². The molecule has 0 saturated heterocycles. The number of amides is 1. The minimum Gasteiger partial charge on any atom is -0.306 e. The molecule has 2 aromatic heterocycles. The number of carbonyl (C=O) groups is 1. The van der Waals surface area contributed by atoms with Crippen LogP contribution >= 0.6 is 22.9 Å². The molecule has 0 saturated carbocycles. The van der Waals surface area contributed by atoms with Gasteiger partial charge >= 0.3 is 0 Å². The Balaban J connectivity index is 1.95. The Bertz CT molecular complexity index is 821. The van der Waals surface area contributed by atoms with Crippen LogP contribution in [-0.4, -0.2) is 10.9 Å². The first-order valence-corrected chi connectivity index (χ1v) is 7.68. The van der Waals surface area contributed by atoms with Gasteiger partial charge < -0.3 is 5.32 Å². The summed E-state index contributed by atoms with van der Waals surface area (Å²) in [6, 6.07) is 11.5. The van der Waals surface area contributed by atoms with Crippen LogP contribution in [0, 0.1) is 13.8 Å². The van der Waals surface area contributed by atoms with Crippen LogP contribution in [-0.2, 0) is 0 Å². The number of aryl methyl sites for hydroxylation is 2. The number of anilines is 1. The summed E-state index contributed by atoms with van der Waals surface area (Å²) in [6.07, 6.45) is 0. The molecule has 0 aliphatic rings. The zero-order valence-electron chi connectivity index (χ0n) is 11.6. The fourth-order valence-electron chi connectivity index (χ4n) is 2.24. The normalized spacial score (nSPS) is 10.8. The number of carbonyl (C=O) groups excluding carboxylic acids is 1. The maximum atomic E-state index is 12.4. The number of benzene rings is 1. The lowest BCUT2D eigenvalue weighted by Crippen LogP contribution is -2.12. The van der Waals surface area contributed by atoms with E-state index in [1.54, 1.807) is 0 Å². The first-order valence-electron chi connectivity index (χ1n) is 6.48. The second kappa shape index (κ2) is 5.47. The number of nitrogens with zero attached hydrogens (tertiary/aromatic N) is 1. The van der Waals surface area contributed by atoms with Gasteiger partial charge in [0.05, 0.1) is 5.02 Å². The van der Waals surface area contributed by atoms with E-state index in [-0.39, 0.29) is 5.91 Å². The van der Waals surface area contributed by atoms with Crippen molar-refractivity contribution in [3.05, 3.63) is 57.6 Å². The lowest BCUT2D eigenvalue weighted by atomic mass is 10.2. The van der Waals surface area contributed by atoms with Gasteiger partial charge in [0.25, 0.3) is 5.91 Å². The molecule has 1 aromatic carbocycles. The molecule has 0 radical (unpaired) electrons. The highest BCUT2D eigenvalue weighted by Gasteiger charge is 2.17. The van der Waals surface area contributed by atoms with Gasteiger partial charge in [0.1, 0.15) is 10.7 Å². The highest BCUT2D eigenvalue weighted by Crippen LogP contribution is 2.35. The van der Waals surface area contributed by atoms with Crippen molar-refractivity contribution in [2.24, 2.45) is 0 Å². The molecule has 0 atom stereocenters. The van der Waals surface area contributed by atoms with Gasteiger partial charge in [0.2, 0.25) is 0 Å². The molecule has 0 spiro atoms. The zero-order valence-corrected chi connectivity index (χ0v) is 13.2. The van der Waals surface area contributed by atoms with Crippen molar-refractivity contribution < 1.29 is 4.79 Å². The maximum Gasteiger partial charge on any atom is 0.268 e. The van der Waals surface area contributed by atoms with Gasteiger partial charge in [-0.2, -0.15) is 0 Å². The standard InChI is InChI=1S/C16H13ClN2OS/c1-9-7-10(2)18-13(8-9)19-16(20)15-14(17)11-5-3-4-6-12(11)21-15/h3-8H,1-2H3,(H,18,19,20). The highest BCUT2D eigenvalue weighted by atomic mass is 35.5. The van der Waals surface area contributed by atoms with E-state index in [0.29, 0.717) is 15.7 Å². The molecule has 0 fully saturated rings. The van der Waals surface area contributed by atoms with E-state index in [4.69, 9.17) is 11.6 Å². The van der Waals surface area contributed by atoms with E-state index in [0.717, 1.165) is 21.3 Å². The molecule has 106 valence electrons. The number of nitrogens with one attached hydrogen (secondary N) is 1. The first-order chi connectivity index (χ1) is 10.0. The summed E-state index contributed by atoms with van der Waals surface area (Å²) < 4.78 is 1.00. The Kier molecular flexibility index (Phi) is 3.66. The Hall–Kier alpha value is -1.91. The Morgan fingerprint density at radius 3 is 2.71 bits per heavy atom. The average molecular weight is 317 g/mol. The number of hydrogen-bond donors (Lipinski definition) is 1. The lowest BCUT2D eigenvalue weighted by molar-refractivity contribution is 0.103. The molecular weight excluding hydrogens is 304 g/mol.